The van der Waals surface area contributed by atoms with E-state index in [2.05, 4.69) is 16.0 Å². The summed E-state index contributed by atoms with van der Waals surface area (Å²) in [5.41, 5.74) is 1.75. The molecule has 0 unspecified atom stereocenters. The van der Waals surface area contributed by atoms with Gasteiger partial charge in [-0.3, -0.25) is 28.8 Å². The minimum atomic E-state index is -1.40. The van der Waals surface area contributed by atoms with Crippen LogP contribution in [0.1, 0.15) is 69.9 Å². The monoisotopic (exact) mass is 756 g/mol. The van der Waals surface area contributed by atoms with E-state index in [-0.39, 0.29) is 43.7 Å². The number of cyclic esters (lactones) is 1. The summed E-state index contributed by atoms with van der Waals surface area (Å²) < 4.78 is 5.76. The van der Waals surface area contributed by atoms with Crippen LogP contribution in [-0.2, 0) is 51.1 Å². The maximum atomic E-state index is 14.5. The summed E-state index contributed by atoms with van der Waals surface area (Å²) >= 11 is 0. The Bertz CT molecular complexity index is 1740. The number of aryl methyl sites for hydroxylation is 1. The first-order valence-electron chi connectivity index (χ1n) is 19.6. The van der Waals surface area contributed by atoms with Crippen LogP contribution in [0.2, 0.25) is 0 Å². The Morgan fingerprint density at radius 3 is 2.16 bits per heavy atom. The molecule has 4 saturated heterocycles. The number of nitrogens with zero attached hydrogens (tertiary/aromatic N) is 3. The second kappa shape index (κ2) is 17.9. The molecule has 0 spiro atoms. The Balaban J connectivity index is 1.28. The van der Waals surface area contributed by atoms with Crippen molar-refractivity contribution >= 4 is 41.4 Å². The molecule has 0 saturated carbocycles. The van der Waals surface area contributed by atoms with E-state index in [1.165, 1.54) is 14.7 Å². The highest BCUT2D eigenvalue weighted by atomic mass is 16.5. The smallest absolute Gasteiger partial charge is 0.328 e. The molecular weight excluding hydrogens is 704 g/mol. The van der Waals surface area contributed by atoms with Crippen LogP contribution in [0.25, 0.3) is 0 Å². The van der Waals surface area contributed by atoms with Crippen LogP contribution in [-0.4, -0.2) is 119 Å². The predicted octanol–water partition coefficient (Wildman–Crippen LogP) is 1.50. The Labute approximate surface area is 321 Å². The van der Waals surface area contributed by atoms with Crippen molar-refractivity contribution in [2.24, 2.45) is 5.92 Å². The van der Waals surface area contributed by atoms with Gasteiger partial charge in [0.1, 0.15) is 42.9 Å². The number of fused-ring (bicyclic) bond motifs is 3. The van der Waals surface area contributed by atoms with E-state index < -0.39 is 72.5 Å². The molecule has 55 heavy (non-hydrogen) atoms. The fourth-order valence-corrected chi connectivity index (χ4v) is 8.22. The maximum Gasteiger partial charge on any atom is 0.328 e. The molecule has 0 bridgehead atoms. The van der Waals surface area contributed by atoms with Gasteiger partial charge in [-0.25, -0.2) is 4.79 Å². The van der Waals surface area contributed by atoms with Crippen LogP contribution in [0, 0.1) is 5.92 Å². The molecule has 4 heterocycles. The van der Waals surface area contributed by atoms with Gasteiger partial charge in [0.15, 0.2) is 0 Å². The van der Waals surface area contributed by atoms with E-state index in [0.717, 1.165) is 17.5 Å². The number of ether oxygens (including phenoxy) is 1. The number of esters is 1. The van der Waals surface area contributed by atoms with Crippen LogP contribution in [0.3, 0.4) is 0 Å². The molecule has 4 aliphatic rings. The lowest BCUT2D eigenvalue weighted by Gasteiger charge is -2.39. The highest BCUT2D eigenvalue weighted by Crippen LogP contribution is 2.28. The lowest BCUT2D eigenvalue weighted by molar-refractivity contribution is -0.158. The molecule has 0 aliphatic carbocycles. The first-order chi connectivity index (χ1) is 26.5. The van der Waals surface area contributed by atoms with Crippen molar-refractivity contribution < 1.29 is 38.3 Å². The SMILES string of the molecule is C[C@@H]1C[C@H]2C(=O)OC[C@H](NC(=O)[C@H](Cc3ccccc3)NC(=O)CCc3ccccc3)C(=O)N3CCC[C@H]3C(=O)N3CCCC[C@H]3C(=O)N[C@@H](C)C(=O)N2C1. The topological polar surface area (TPSA) is 175 Å². The van der Waals surface area contributed by atoms with E-state index in [4.69, 9.17) is 4.74 Å². The number of carbonyl (C=O) groups is 7. The summed E-state index contributed by atoms with van der Waals surface area (Å²) in [6, 6.07) is 12.6. The molecule has 3 N–H and O–H groups in total. The highest BCUT2D eigenvalue weighted by molar-refractivity contribution is 5.97. The zero-order chi connectivity index (χ0) is 39.1. The van der Waals surface area contributed by atoms with Gasteiger partial charge < -0.3 is 35.4 Å². The summed E-state index contributed by atoms with van der Waals surface area (Å²) in [5.74, 6) is -3.68. The summed E-state index contributed by atoms with van der Waals surface area (Å²) in [7, 11) is 0. The first kappa shape index (κ1) is 39.4. The fraction of sp³-hybridized carbons (Fsp3) is 0.537. The van der Waals surface area contributed by atoms with Gasteiger partial charge in [0, 0.05) is 32.5 Å². The first-order valence-corrected chi connectivity index (χ1v) is 19.6. The van der Waals surface area contributed by atoms with E-state index in [1.54, 1.807) is 6.92 Å². The van der Waals surface area contributed by atoms with Gasteiger partial charge in [0.05, 0.1) is 0 Å². The molecule has 6 rings (SSSR count). The van der Waals surface area contributed by atoms with E-state index in [9.17, 15) is 33.6 Å². The molecule has 294 valence electrons. The average molecular weight is 757 g/mol. The van der Waals surface area contributed by atoms with Gasteiger partial charge >= 0.3 is 5.97 Å². The van der Waals surface area contributed by atoms with Gasteiger partial charge in [-0.1, -0.05) is 67.6 Å². The van der Waals surface area contributed by atoms with Crippen molar-refractivity contribution in [2.45, 2.75) is 108 Å². The molecule has 6 amide bonds. The second-order valence-electron chi connectivity index (χ2n) is 15.3. The van der Waals surface area contributed by atoms with Crippen molar-refractivity contribution in [3.05, 3.63) is 71.8 Å². The number of hydrogen-bond donors (Lipinski definition) is 3. The van der Waals surface area contributed by atoms with E-state index in [0.29, 0.717) is 45.1 Å². The van der Waals surface area contributed by atoms with Crippen molar-refractivity contribution in [1.29, 1.82) is 0 Å². The van der Waals surface area contributed by atoms with Gasteiger partial charge in [0.25, 0.3) is 0 Å². The molecule has 2 aromatic rings. The number of nitrogens with one attached hydrogen (secondary N) is 3. The molecule has 4 aliphatic heterocycles. The van der Waals surface area contributed by atoms with Gasteiger partial charge in [-0.05, 0) is 68.9 Å². The third-order valence-corrected chi connectivity index (χ3v) is 11.1. The zero-order valence-corrected chi connectivity index (χ0v) is 31.6. The van der Waals surface area contributed by atoms with Crippen LogP contribution < -0.4 is 16.0 Å². The van der Waals surface area contributed by atoms with Gasteiger partial charge in [-0.2, -0.15) is 0 Å². The number of amides is 6. The Morgan fingerprint density at radius 1 is 0.782 bits per heavy atom. The third-order valence-electron chi connectivity index (χ3n) is 11.1. The van der Waals surface area contributed by atoms with Crippen LogP contribution in [0.15, 0.2) is 60.7 Å². The van der Waals surface area contributed by atoms with Crippen molar-refractivity contribution in [3.8, 4) is 0 Å². The molecule has 4 fully saturated rings. The molecule has 0 radical (unpaired) electrons. The van der Waals surface area contributed by atoms with Gasteiger partial charge in [0.2, 0.25) is 35.4 Å². The molecular formula is C41H52N6O8. The minimum Gasteiger partial charge on any atom is -0.461 e. The normalized spacial score (nSPS) is 27.0. The van der Waals surface area contributed by atoms with Crippen LogP contribution in [0.5, 0.6) is 0 Å². The quantitative estimate of drug-likeness (QED) is 0.340. The average Bonchev–Trinajstić information content (AvgIpc) is 3.85. The largest absolute Gasteiger partial charge is 0.461 e. The Morgan fingerprint density at radius 2 is 1.44 bits per heavy atom. The van der Waals surface area contributed by atoms with E-state index >= 15 is 0 Å². The van der Waals surface area contributed by atoms with Crippen molar-refractivity contribution in [1.82, 2.24) is 30.7 Å². The molecule has 7 atom stereocenters. The fourth-order valence-electron chi connectivity index (χ4n) is 8.22. The summed E-state index contributed by atoms with van der Waals surface area (Å²) in [6.07, 6.45) is 3.73. The lowest BCUT2D eigenvalue weighted by Crippen LogP contribution is -2.62. The Hall–Kier alpha value is -5.27. The molecule has 2 aromatic carbocycles. The summed E-state index contributed by atoms with van der Waals surface area (Å²) in [6.45, 7) is 3.75. The summed E-state index contributed by atoms with van der Waals surface area (Å²) in [4.78, 5) is 102. The number of rotatable bonds is 8. The second-order valence-corrected chi connectivity index (χ2v) is 15.3. The summed E-state index contributed by atoms with van der Waals surface area (Å²) in [5, 5.41) is 8.42. The maximum absolute atomic E-state index is 14.5. The van der Waals surface area contributed by atoms with Crippen LogP contribution >= 0.6 is 0 Å². The molecule has 14 nitrogen and oxygen atoms in total. The number of hydrogen-bond acceptors (Lipinski definition) is 8. The van der Waals surface area contributed by atoms with Gasteiger partial charge in [-0.15, -0.1) is 0 Å². The number of benzene rings is 2. The molecule has 0 aromatic heterocycles. The Kier molecular flexibility index (Phi) is 12.8. The molecule has 14 heteroatoms. The number of piperidine rings is 1. The lowest BCUT2D eigenvalue weighted by atomic mass is 9.99. The standard InChI is InChI=1S/C41H52N6O8/c1-26-22-34-41(54)55-25-31(44-36(49)30(23-29-14-7-4-8-15-29)43-35(48)19-18-28-12-5-3-6-13-28)39(52)46-21-11-17-33(46)40(53)45-20-10-9-16-32(45)37(50)42-27(2)38(51)47(34)24-26/h3-8,12-15,26-27,30-34H,9-11,16-25H2,1-2H3,(H,42,50)(H,43,48)(H,44,49)/t26-,27+,30+,31+,32+,33+,34+/m1/s1. The third kappa shape index (κ3) is 9.52. The van der Waals surface area contributed by atoms with E-state index in [1.807, 2.05) is 67.6 Å². The predicted molar refractivity (Wildman–Crippen MR) is 201 cm³/mol. The van der Waals surface area contributed by atoms with Crippen molar-refractivity contribution in [3.63, 3.8) is 0 Å². The minimum absolute atomic E-state index is 0.0373. The highest BCUT2D eigenvalue weighted by Gasteiger charge is 2.46. The van der Waals surface area contributed by atoms with Crippen molar-refractivity contribution in [2.75, 3.05) is 26.2 Å². The number of carbonyl (C=O) groups excluding carboxylic acids is 7. The van der Waals surface area contributed by atoms with Crippen LogP contribution in [0.4, 0.5) is 0 Å². The zero-order valence-electron chi connectivity index (χ0n) is 31.6.